The summed E-state index contributed by atoms with van der Waals surface area (Å²) in [5, 5.41) is 1.41. The van der Waals surface area contributed by atoms with Gasteiger partial charge in [0, 0.05) is 0 Å². The summed E-state index contributed by atoms with van der Waals surface area (Å²) in [5.41, 5.74) is 1.16. The second kappa shape index (κ2) is 12.8. The van der Waals surface area contributed by atoms with Gasteiger partial charge in [-0.3, -0.25) is 0 Å². The predicted octanol–water partition coefficient (Wildman–Crippen LogP) is -3.45. The molecule has 0 unspecified atom stereocenters. The average Bonchev–Trinajstić information content (AvgIpc) is 2.75. The van der Waals surface area contributed by atoms with Crippen LogP contribution in [-0.2, 0) is 26.2 Å². The summed E-state index contributed by atoms with van der Waals surface area (Å²) >= 11 is 0. The number of hydrogen-bond donors (Lipinski definition) is 1. The number of H-pyrrole nitrogens is 1. The molecular weight excluding hydrogens is 348 g/mol. The standard InChI is InChI=1S/C7H9Si.C5H6N.2ClH.Zr/c1-8(2)7-5-3-4-6-7;1-5-2-3-6-4-5;;;/h3-5H,1-2H3;2-3,6H,1H3;2*1H;/q2*-1;;;+4/p-2. The zero-order valence-electron chi connectivity index (χ0n) is 10.1. The Morgan fingerprint density at radius 3 is 2.06 bits per heavy atom. The number of aryl methyl sites for hydroxylation is 1. The SMILES string of the molecule is C[Si](C)=C1[C-]=CC=C1.Cc1[c-][nH]cc1.[Cl-].[Cl-].[Zr+4]. The molecule has 0 fully saturated rings. The molecule has 0 aliphatic heterocycles. The molecule has 17 heavy (non-hydrogen) atoms. The van der Waals surface area contributed by atoms with Gasteiger partial charge in [0.05, 0.1) is 0 Å². The van der Waals surface area contributed by atoms with Crippen molar-refractivity contribution in [3.8, 4) is 0 Å². The Bertz CT molecular complexity index is 352. The molecule has 1 heterocycles. The number of aromatic nitrogens is 1. The van der Waals surface area contributed by atoms with Crippen LogP contribution in [0.1, 0.15) is 5.56 Å². The third-order valence-electron chi connectivity index (χ3n) is 1.82. The summed E-state index contributed by atoms with van der Waals surface area (Å²) in [6.45, 7) is 6.55. The minimum Gasteiger partial charge on any atom is -1.00 e. The van der Waals surface area contributed by atoms with Gasteiger partial charge >= 0.3 is 26.2 Å². The topological polar surface area (TPSA) is 15.8 Å². The zero-order valence-corrected chi connectivity index (χ0v) is 15.1. The molecule has 1 aliphatic carbocycles. The van der Waals surface area contributed by atoms with E-state index in [1.54, 1.807) is 0 Å². The minimum absolute atomic E-state index is 0. The first-order chi connectivity index (χ1) is 6.70. The van der Waals surface area contributed by atoms with Crippen LogP contribution in [-0.4, -0.2) is 18.6 Å². The number of allylic oxidation sites excluding steroid dienone is 4. The van der Waals surface area contributed by atoms with Crippen molar-refractivity contribution >= 4 is 13.6 Å². The molecule has 1 nitrogen and oxygen atoms in total. The number of rotatable bonds is 0. The molecule has 1 aromatic heterocycles. The Hall–Kier alpha value is 0.310. The largest absolute Gasteiger partial charge is 4.00 e. The van der Waals surface area contributed by atoms with E-state index in [-0.39, 0.29) is 59.4 Å². The van der Waals surface area contributed by atoms with Gasteiger partial charge in [0.25, 0.3) is 0 Å². The molecule has 1 N–H and O–H groups in total. The zero-order chi connectivity index (χ0) is 10.4. The maximum atomic E-state index is 3.18. The average molecular weight is 363 g/mol. The molecule has 90 valence electrons. The predicted molar refractivity (Wildman–Crippen MR) is 63.8 cm³/mol. The first-order valence-corrected chi connectivity index (χ1v) is 7.15. The van der Waals surface area contributed by atoms with E-state index in [0.29, 0.717) is 0 Å². The van der Waals surface area contributed by atoms with Crippen LogP contribution in [0, 0.1) is 19.2 Å². The normalized spacial score (nSPS) is 10.4. The molecule has 0 bridgehead atoms. The van der Waals surface area contributed by atoms with E-state index in [0.717, 1.165) is 5.56 Å². The van der Waals surface area contributed by atoms with Crippen molar-refractivity contribution in [3.63, 3.8) is 0 Å². The van der Waals surface area contributed by atoms with Gasteiger partial charge in [0.1, 0.15) is 0 Å². The van der Waals surface area contributed by atoms with Crippen molar-refractivity contribution in [2.24, 2.45) is 0 Å². The Labute approximate surface area is 137 Å². The van der Waals surface area contributed by atoms with Crippen LogP contribution in [0.5, 0.6) is 0 Å². The quantitative estimate of drug-likeness (QED) is 0.365. The summed E-state index contributed by atoms with van der Waals surface area (Å²) in [6, 6.07) is 1.97. The van der Waals surface area contributed by atoms with Gasteiger partial charge < -0.3 is 29.8 Å². The number of hydrogen-bond acceptors (Lipinski definition) is 0. The van der Waals surface area contributed by atoms with Crippen LogP contribution in [0.3, 0.4) is 0 Å². The van der Waals surface area contributed by atoms with Crippen molar-refractivity contribution in [2.75, 3.05) is 0 Å². The third kappa shape index (κ3) is 9.96. The summed E-state index contributed by atoms with van der Waals surface area (Å²) in [7, 11) is -0.225. The Morgan fingerprint density at radius 2 is 1.88 bits per heavy atom. The fourth-order valence-electron chi connectivity index (χ4n) is 1.01. The van der Waals surface area contributed by atoms with Gasteiger partial charge in [-0.2, -0.15) is 35.1 Å². The van der Waals surface area contributed by atoms with E-state index >= 15 is 0 Å². The number of aromatic amines is 1. The molecule has 0 amide bonds. The van der Waals surface area contributed by atoms with Gasteiger partial charge in [0.15, 0.2) is 0 Å². The summed E-state index contributed by atoms with van der Waals surface area (Å²) in [5.74, 6) is 0. The van der Waals surface area contributed by atoms with Crippen LogP contribution in [0.15, 0.2) is 30.5 Å². The minimum atomic E-state index is -0.225. The van der Waals surface area contributed by atoms with Gasteiger partial charge in [0.2, 0.25) is 0 Å². The maximum absolute atomic E-state index is 3.18. The molecule has 1 aliphatic rings. The molecule has 0 saturated heterocycles. The van der Waals surface area contributed by atoms with E-state index in [2.05, 4.69) is 36.4 Å². The van der Waals surface area contributed by atoms with E-state index < -0.39 is 0 Å². The fraction of sp³-hybridized carbons (Fsp3) is 0.250. The van der Waals surface area contributed by atoms with Crippen LogP contribution in [0.2, 0.25) is 13.1 Å². The summed E-state index contributed by atoms with van der Waals surface area (Å²) < 4.78 is 0. The van der Waals surface area contributed by atoms with E-state index in [9.17, 15) is 0 Å². The Kier molecular flexibility index (Phi) is 16.9. The molecule has 1 aromatic rings. The third-order valence-corrected chi connectivity index (χ3v) is 3.21. The molecular formula is C12H15Cl2NSiZr. The van der Waals surface area contributed by atoms with Crippen molar-refractivity contribution in [1.29, 1.82) is 0 Å². The molecule has 0 spiro atoms. The van der Waals surface area contributed by atoms with Crippen molar-refractivity contribution in [2.45, 2.75) is 20.0 Å². The molecule has 0 atom stereocenters. The van der Waals surface area contributed by atoms with Gasteiger partial charge in [-0.25, -0.2) is 12.2 Å². The molecule has 5 heteroatoms. The van der Waals surface area contributed by atoms with Gasteiger partial charge in [-0.1, -0.05) is 20.0 Å². The fourth-order valence-corrected chi connectivity index (χ4v) is 1.81. The van der Waals surface area contributed by atoms with Crippen LogP contribution < -0.4 is 24.8 Å². The molecule has 0 saturated carbocycles. The van der Waals surface area contributed by atoms with Crippen LogP contribution >= 0.6 is 0 Å². The van der Waals surface area contributed by atoms with E-state index in [4.69, 9.17) is 0 Å². The summed E-state index contributed by atoms with van der Waals surface area (Å²) in [6.07, 6.45) is 14.1. The Balaban J connectivity index is -0.000000201. The van der Waals surface area contributed by atoms with Crippen molar-refractivity contribution in [1.82, 2.24) is 4.98 Å². The number of halogens is 2. The van der Waals surface area contributed by atoms with Crippen molar-refractivity contribution in [3.05, 3.63) is 48.3 Å². The monoisotopic (exact) mass is 361 g/mol. The molecule has 2 rings (SSSR count). The first kappa shape index (κ1) is 22.5. The van der Waals surface area contributed by atoms with E-state index in [1.807, 2.05) is 31.3 Å². The van der Waals surface area contributed by atoms with Crippen molar-refractivity contribution < 1.29 is 51.0 Å². The second-order valence-electron chi connectivity index (χ2n) is 3.37. The van der Waals surface area contributed by atoms with Gasteiger partial charge in [-0.05, 0) is 8.41 Å². The van der Waals surface area contributed by atoms with Gasteiger partial charge in [-0.15, -0.1) is 6.20 Å². The second-order valence-corrected chi connectivity index (χ2v) is 5.91. The first-order valence-electron chi connectivity index (χ1n) is 4.65. The van der Waals surface area contributed by atoms with Crippen LogP contribution in [0.25, 0.3) is 0 Å². The van der Waals surface area contributed by atoms with E-state index in [1.165, 1.54) is 5.17 Å². The smallest absolute Gasteiger partial charge is 1.00 e. The molecule has 0 aromatic carbocycles. The Morgan fingerprint density at radius 1 is 1.24 bits per heavy atom. The number of nitrogens with one attached hydrogen (secondary N) is 1. The summed E-state index contributed by atoms with van der Waals surface area (Å²) in [4.78, 5) is 2.80. The molecule has 0 radical (unpaired) electrons. The van der Waals surface area contributed by atoms with Crippen LogP contribution in [0.4, 0.5) is 0 Å². The maximum Gasteiger partial charge on any atom is 4.00 e.